The van der Waals surface area contributed by atoms with Gasteiger partial charge in [-0.15, -0.1) is 0 Å². The molecule has 130 valence electrons. The van der Waals surface area contributed by atoms with Gasteiger partial charge in [0.05, 0.1) is 6.04 Å². The summed E-state index contributed by atoms with van der Waals surface area (Å²) in [5.41, 5.74) is 0.860. The average Bonchev–Trinajstić information content (AvgIpc) is 2.57. The van der Waals surface area contributed by atoms with Crippen LogP contribution in [0.2, 0.25) is 5.02 Å². The molecule has 3 atom stereocenters. The van der Waals surface area contributed by atoms with Gasteiger partial charge in [0, 0.05) is 25.2 Å². The van der Waals surface area contributed by atoms with Crippen molar-refractivity contribution in [2.75, 3.05) is 26.7 Å². The molecule has 0 aliphatic carbocycles. The van der Waals surface area contributed by atoms with Crippen molar-refractivity contribution in [3.63, 3.8) is 0 Å². The highest BCUT2D eigenvalue weighted by molar-refractivity contribution is 6.30. The molecule has 0 saturated carbocycles. The molecule has 0 unspecified atom stereocenters. The largest absolute Gasteiger partial charge is 0.356 e. The van der Waals surface area contributed by atoms with Gasteiger partial charge in [0.2, 0.25) is 5.91 Å². The van der Waals surface area contributed by atoms with Crippen molar-refractivity contribution in [1.29, 1.82) is 0 Å². The van der Waals surface area contributed by atoms with Crippen LogP contribution < -0.4 is 0 Å². The SMILES string of the molecule is C[C@@H]1CCCN(C(=O)[C@H]2OCC(=O)N(C)[C@@H]2c2ccc(Cl)cc2)C1. The number of carbonyl (C=O) groups excluding carboxylic acids is 2. The molecule has 2 fully saturated rings. The van der Waals surface area contributed by atoms with E-state index < -0.39 is 12.1 Å². The predicted molar refractivity (Wildman–Crippen MR) is 91.7 cm³/mol. The fourth-order valence-corrected chi connectivity index (χ4v) is 3.67. The first-order valence-corrected chi connectivity index (χ1v) is 8.76. The second kappa shape index (κ2) is 7.11. The van der Waals surface area contributed by atoms with Gasteiger partial charge in [-0.1, -0.05) is 30.7 Å². The Balaban J connectivity index is 1.87. The number of morpholine rings is 1. The van der Waals surface area contributed by atoms with Crippen LogP contribution in [-0.2, 0) is 14.3 Å². The van der Waals surface area contributed by atoms with Crippen LogP contribution in [0.25, 0.3) is 0 Å². The number of ether oxygens (including phenoxy) is 1. The third-order valence-corrected chi connectivity index (χ3v) is 5.16. The molecule has 6 heteroatoms. The fraction of sp³-hybridized carbons (Fsp3) is 0.556. The number of piperidine rings is 1. The Morgan fingerprint density at radius 3 is 2.67 bits per heavy atom. The zero-order chi connectivity index (χ0) is 17.3. The van der Waals surface area contributed by atoms with Crippen molar-refractivity contribution in [3.05, 3.63) is 34.9 Å². The zero-order valence-electron chi connectivity index (χ0n) is 14.1. The highest BCUT2D eigenvalue weighted by atomic mass is 35.5. The first-order chi connectivity index (χ1) is 11.5. The second-order valence-electron chi connectivity index (χ2n) is 6.76. The van der Waals surface area contributed by atoms with E-state index in [4.69, 9.17) is 16.3 Å². The number of hydrogen-bond donors (Lipinski definition) is 0. The fourth-order valence-electron chi connectivity index (χ4n) is 3.55. The van der Waals surface area contributed by atoms with Crippen LogP contribution in [0.4, 0.5) is 0 Å². The van der Waals surface area contributed by atoms with Crippen molar-refractivity contribution in [1.82, 2.24) is 9.80 Å². The van der Waals surface area contributed by atoms with Gasteiger partial charge in [-0.05, 0) is 36.5 Å². The predicted octanol–water partition coefficient (Wildman–Crippen LogP) is 2.50. The zero-order valence-corrected chi connectivity index (χ0v) is 14.8. The molecule has 24 heavy (non-hydrogen) atoms. The molecule has 0 radical (unpaired) electrons. The van der Waals surface area contributed by atoms with Crippen LogP contribution in [0.3, 0.4) is 0 Å². The number of likely N-dealkylation sites (N-methyl/N-ethyl adjacent to an activating group) is 1. The highest BCUT2D eigenvalue weighted by Crippen LogP contribution is 2.31. The van der Waals surface area contributed by atoms with E-state index in [1.807, 2.05) is 17.0 Å². The number of carbonyl (C=O) groups is 2. The van der Waals surface area contributed by atoms with Gasteiger partial charge in [0.25, 0.3) is 5.91 Å². The lowest BCUT2D eigenvalue weighted by atomic mass is 9.95. The maximum atomic E-state index is 13.0. The summed E-state index contributed by atoms with van der Waals surface area (Å²) in [7, 11) is 1.73. The van der Waals surface area contributed by atoms with Gasteiger partial charge in [-0.3, -0.25) is 9.59 Å². The molecule has 2 heterocycles. The van der Waals surface area contributed by atoms with Gasteiger partial charge in [0.15, 0.2) is 6.10 Å². The lowest BCUT2D eigenvalue weighted by molar-refractivity contribution is -0.168. The first-order valence-electron chi connectivity index (χ1n) is 8.39. The minimum absolute atomic E-state index is 0.0270. The maximum absolute atomic E-state index is 13.0. The van der Waals surface area contributed by atoms with Crippen molar-refractivity contribution < 1.29 is 14.3 Å². The van der Waals surface area contributed by atoms with Crippen molar-refractivity contribution in [2.24, 2.45) is 5.92 Å². The Morgan fingerprint density at radius 1 is 1.29 bits per heavy atom. The monoisotopic (exact) mass is 350 g/mol. The van der Waals surface area contributed by atoms with Gasteiger partial charge >= 0.3 is 0 Å². The van der Waals surface area contributed by atoms with Gasteiger partial charge in [-0.2, -0.15) is 0 Å². The van der Waals surface area contributed by atoms with Crippen molar-refractivity contribution in [2.45, 2.75) is 31.9 Å². The highest BCUT2D eigenvalue weighted by Gasteiger charge is 2.42. The summed E-state index contributed by atoms with van der Waals surface area (Å²) in [6, 6.07) is 6.82. The number of benzene rings is 1. The van der Waals surface area contributed by atoms with E-state index >= 15 is 0 Å². The van der Waals surface area contributed by atoms with Crippen LogP contribution in [0.1, 0.15) is 31.4 Å². The summed E-state index contributed by atoms with van der Waals surface area (Å²) >= 11 is 5.97. The number of hydrogen-bond acceptors (Lipinski definition) is 3. The molecular weight excluding hydrogens is 328 g/mol. The molecule has 2 aliphatic heterocycles. The summed E-state index contributed by atoms with van der Waals surface area (Å²) in [6.07, 6.45) is 1.49. The van der Waals surface area contributed by atoms with Crippen LogP contribution in [0, 0.1) is 5.92 Å². The van der Waals surface area contributed by atoms with E-state index in [0.29, 0.717) is 10.9 Å². The topological polar surface area (TPSA) is 49.9 Å². The summed E-state index contributed by atoms with van der Waals surface area (Å²) < 4.78 is 5.69. The van der Waals surface area contributed by atoms with Gasteiger partial charge in [0.1, 0.15) is 6.61 Å². The molecule has 1 aromatic carbocycles. The number of likely N-dealkylation sites (tertiary alicyclic amines) is 1. The molecule has 5 nitrogen and oxygen atoms in total. The van der Waals surface area contributed by atoms with E-state index in [0.717, 1.165) is 31.5 Å². The van der Waals surface area contributed by atoms with Crippen LogP contribution in [0.15, 0.2) is 24.3 Å². The van der Waals surface area contributed by atoms with E-state index in [2.05, 4.69) is 6.92 Å². The van der Waals surface area contributed by atoms with E-state index in [-0.39, 0.29) is 18.4 Å². The number of nitrogens with zero attached hydrogens (tertiary/aromatic N) is 2. The van der Waals surface area contributed by atoms with Crippen LogP contribution in [0.5, 0.6) is 0 Å². The first kappa shape index (κ1) is 17.2. The Kier molecular flexibility index (Phi) is 5.11. The molecule has 0 N–H and O–H groups in total. The van der Waals surface area contributed by atoms with Crippen LogP contribution >= 0.6 is 11.6 Å². The standard InChI is InChI=1S/C18H23ClN2O3/c1-12-4-3-9-21(10-12)18(23)17-16(20(2)15(22)11-24-17)13-5-7-14(19)8-6-13/h5-8,12,16-17H,3-4,9-11H2,1-2H3/t12-,16-,17+/m1/s1. The molecule has 3 rings (SSSR count). The molecular formula is C18H23ClN2O3. The average molecular weight is 351 g/mol. The molecule has 0 spiro atoms. The summed E-state index contributed by atoms with van der Waals surface area (Å²) in [5, 5.41) is 0.622. The number of amides is 2. The van der Waals surface area contributed by atoms with Gasteiger partial charge in [-0.25, -0.2) is 0 Å². The third-order valence-electron chi connectivity index (χ3n) is 4.91. The smallest absolute Gasteiger partial charge is 0.254 e. The van der Waals surface area contributed by atoms with Crippen molar-refractivity contribution in [3.8, 4) is 0 Å². The van der Waals surface area contributed by atoms with Crippen molar-refractivity contribution >= 4 is 23.4 Å². The number of rotatable bonds is 2. The van der Waals surface area contributed by atoms with Crippen LogP contribution in [-0.4, -0.2) is 54.5 Å². The Labute approximate surface area is 147 Å². The summed E-state index contributed by atoms with van der Waals surface area (Å²) in [4.78, 5) is 28.6. The third kappa shape index (κ3) is 3.42. The Morgan fingerprint density at radius 2 is 2.00 bits per heavy atom. The second-order valence-corrected chi connectivity index (χ2v) is 7.20. The molecule has 0 aromatic heterocycles. The summed E-state index contributed by atoms with van der Waals surface area (Å²) in [6.45, 7) is 3.62. The van der Waals surface area contributed by atoms with E-state index in [1.165, 1.54) is 0 Å². The minimum atomic E-state index is -0.667. The lowest BCUT2D eigenvalue weighted by Crippen LogP contribution is -2.55. The Bertz CT molecular complexity index is 619. The number of halogens is 1. The van der Waals surface area contributed by atoms with E-state index in [1.54, 1.807) is 24.1 Å². The maximum Gasteiger partial charge on any atom is 0.254 e. The Hall–Kier alpha value is -1.59. The molecule has 2 amide bonds. The molecule has 0 bridgehead atoms. The van der Waals surface area contributed by atoms with E-state index in [9.17, 15) is 9.59 Å². The molecule has 2 aliphatic rings. The minimum Gasteiger partial charge on any atom is -0.356 e. The van der Waals surface area contributed by atoms with Gasteiger partial charge < -0.3 is 14.5 Å². The normalized spacial score (nSPS) is 28.1. The lowest BCUT2D eigenvalue weighted by Gasteiger charge is -2.41. The molecule has 2 saturated heterocycles. The quantitative estimate of drug-likeness (QED) is 0.823. The summed E-state index contributed by atoms with van der Waals surface area (Å²) in [5.74, 6) is 0.353. The molecule has 1 aromatic rings.